The zero-order valence-corrected chi connectivity index (χ0v) is 11.8. The Morgan fingerprint density at radius 3 is 2.50 bits per heavy atom. The number of nitrogen functional groups attached to an aromatic ring is 1. The van der Waals surface area contributed by atoms with E-state index in [1.807, 2.05) is 40.9 Å². The molecular formula is C18H14N4. The van der Waals surface area contributed by atoms with Crippen LogP contribution in [0.1, 0.15) is 0 Å². The van der Waals surface area contributed by atoms with E-state index >= 15 is 0 Å². The van der Waals surface area contributed by atoms with E-state index in [9.17, 15) is 0 Å². The molecule has 22 heavy (non-hydrogen) atoms. The molecular weight excluding hydrogens is 272 g/mol. The number of nitrogens with two attached hydrogens (primary N) is 1. The Morgan fingerprint density at radius 2 is 1.68 bits per heavy atom. The van der Waals surface area contributed by atoms with Crippen molar-refractivity contribution in [3.63, 3.8) is 0 Å². The van der Waals surface area contributed by atoms with Crippen LogP contribution in [-0.4, -0.2) is 14.4 Å². The molecule has 0 aliphatic rings. The van der Waals surface area contributed by atoms with Crippen LogP contribution in [0.3, 0.4) is 0 Å². The summed E-state index contributed by atoms with van der Waals surface area (Å²) in [6.45, 7) is 0. The Morgan fingerprint density at radius 1 is 0.818 bits per heavy atom. The number of nitrogens with zero attached hydrogens (tertiary/aromatic N) is 3. The lowest BCUT2D eigenvalue weighted by molar-refractivity contribution is 1.19. The SMILES string of the molecule is Nc1ncccc1-c1cc(-c2ccccc2)cn2ccnc12. The van der Waals surface area contributed by atoms with Gasteiger partial charge >= 0.3 is 0 Å². The van der Waals surface area contributed by atoms with Crippen LogP contribution in [0.2, 0.25) is 0 Å². The molecule has 4 nitrogen and oxygen atoms in total. The number of hydrogen-bond donors (Lipinski definition) is 1. The quantitative estimate of drug-likeness (QED) is 0.612. The van der Waals surface area contributed by atoms with Gasteiger partial charge in [-0.1, -0.05) is 30.3 Å². The molecule has 0 amide bonds. The van der Waals surface area contributed by atoms with Crippen LogP contribution in [0.15, 0.2) is 73.3 Å². The Hall–Kier alpha value is -3.14. The summed E-state index contributed by atoms with van der Waals surface area (Å²) in [5.41, 5.74) is 11.1. The van der Waals surface area contributed by atoms with Gasteiger partial charge in [0.05, 0.1) is 0 Å². The molecule has 0 spiro atoms. The number of pyridine rings is 2. The molecule has 106 valence electrons. The van der Waals surface area contributed by atoms with Crippen molar-refractivity contribution in [2.45, 2.75) is 0 Å². The lowest BCUT2D eigenvalue weighted by Gasteiger charge is -2.10. The Balaban J connectivity index is 2.02. The minimum absolute atomic E-state index is 0.512. The van der Waals surface area contributed by atoms with Crippen molar-refractivity contribution in [1.82, 2.24) is 14.4 Å². The van der Waals surface area contributed by atoms with Crippen LogP contribution in [0.5, 0.6) is 0 Å². The van der Waals surface area contributed by atoms with Gasteiger partial charge in [0.25, 0.3) is 0 Å². The largest absolute Gasteiger partial charge is 0.383 e. The summed E-state index contributed by atoms with van der Waals surface area (Å²) in [4.78, 5) is 8.64. The fraction of sp³-hybridized carbons (Fsp3) is 0. The van der Waals surface area contributed by atoms with Gasteiger partial charge in [-0.05, 0) is 29.3 Å². The second-order valence-electron chi connectivity index (χ2n) is 5.10. The van der Waals surface area contributed by atoms with Gasteiger partial charge in [-0.2, -0.15) is 0 Å². The molecule has 4 heteroatoms. The second-order valence-corrected chi connectivity index (χ2v) is 5.10. The molecule has 0 fully saturated rings. The minimum Gasteiger partial charge on any atom is -0.383 e. The first-order valence-corrected chi connectivity index (χ1v) is 7.06. The maximum absolute atomic E-state index is 6.05. The second kappa shape index (κ2) is 5.00. The van der Waals surface area contributed by atoms with Crippen molar-refractivity contribution in [2.24, 2.45) is 0 Å². The summed E-state index contributed by atoms with van der Waals surface area (Å²) in [5.74, 6) is 0.512. The highest BCUT2D eigenvalue weighted by molar-refractivity contribution is 5.86. The van der Waals surface area contributed by atoms with Crippen molar-refractivity contribution < 1.29 is 0 Å². The predicted octanol–water partition coefficient (Wildman–Crippen LogP) is 3.65. The number of fused-ring (bicyclic) bond motifs is 1. The summed E-state index contributed by atoms with van der Waals surface area (Å²) in [5, 5.41) is 0. The van der Waals surface area contributed by atoms with Gasteiger partial charge in [0.15, 0.2) is 0 Å². The summed E-state index contributed by atoms with van der Waals surface area (Å²) in [7, 11) is 0. The normalized spacial score (nSPS) is 10.9. The van der Waals surface area contributed by atoms with E-state index in [2.05, 4.69) is 34.4 Å². The molecule has 4 aromatic rings. The molecule has 3 heterocycles. The standard InChI is InChI=1S/C18H14N4/c19-17-15(7-4-8-20-17)16-11-14(13-5-2-1-3-6-13)12-22-10-9-21-18(16)22/h1-12H,(H2,19,20). The van der Waals surface area contributed by atoms with Crippen molar-refractivity contribution >= 4 is 11.5 Å². The third-order valence-corrected chi connectivity index (χ3v) is 3.72. The van der Waals surface area contributed by atoms with E-state index in [4.69, 9.17) is 5.73 Å². The lowest BCUT2D eigenvalue weighted by Crippen LogP contribution is -1.96. The van der Waals surface area contributed by atoms with Crippen LogP contribution in [0.4, 0.5) is 5.82 Å². The monoisotopic (exact) mass is 286 g/mol. The fourth-order valence-corrected chi connectivity index (χ4v) is 2.66. The van der Waals surface area contributed by atoms with E-state index in [1.54, 1.807) is 12.4 Å². The molecule has 0 saturated carbocycles. The van der Waals surface area contributed by atoms with Crippen molar-refractivity contribution in [3.8, 4) is 22.3 Å². The first kappa shape index (κ1) is 12.6. The maximum atomic E-state index is 6.05. The summed E-state index contributed by atoms with van der Waals surface area (Å²) in [6, 6.07) is 16.2. The topological polar surface area (TPSA) is 56.2 Å². The molecule has 0 atom stereocenters. The Bertz CT molecular complexity index is 942. The van der Waals surface area contributed by atoms with Crippen LogP contribution in [0.25, 0.3) is 27.9 Å². The molecule has 0 bridgehead atoms. The lowest BCUT2D eigenvalue weighted by atomic mass is 10.0. The first-order valence-electron chi connectivity index (χ1n) is 7.06. The number of rotatable bonds is 2. The zero-order valence-electron chi connectivity index (χ0n) is 11.8. The number of aromatic nitrogens is 3. The van der Waals surface area contributed by atoms with Crippen LogP contribution in [-0.2, 0) is 0 Å². The zero-order chi connectivity index (χ0) is 14.9. The maximum Gasteiger partial charge on any atom is 0.144 e. The van der Waals surface area contributed by atoms with Gasteiger partial charge in [-0.3, -0.25) is 0 Å². The van der Waals surface area contributed by atoms with E-state index in [1.165, 1.54) is 0 Å². The highest BCUT2D eigenvalue weighted by Crippen LogP contribution is 2.31. The molecule has 0 aliphatic heterocycles. The molecule has 1 aromatic carbocycles. The van der Waals surface area contributed by atoms with Gasteiger partial charge in [0, 0.05) is 35.9 Å². The van der Waals surface area contributed by atoms with Gasteiger partial charge in [0.2, 0.25) is 0 Å². The number of hydrogen-bond acceptors (Lipinski definition) is 3. The van der Waals surface area contributed by atoms with Crippen molar-refractivity contribution in [3.05, 3.63) is 73.3 Å². The summed E-state index contributed by atoms with van der Waals surface area (Å²) in [6.07, 6.45) is 7.51. The number of benzene rings is 1. The smallest absolute Gasteiger partial charge is 0.144 e. The molecule has 0 unspecified atom stereocenters. The van der Waals surface area contributed by atoms with E-state index in [-0.39, 0.29) is 0 Å². The third-order valence-electron chi connectivity index (χ3n) is 3.72. The fourth-order valence-electron chi connectivity index (χ4n) is 2.66. The van der Waals surface area contributed by atoms with E-state index in [0.717, 1.165) is 27.9 Å². The summed E-state index contributed by atoms with van der Waals surface area (Å²) >= 11 is 0. The van der Waals surface area contributed by atoms with E-state index < -0.39 is 0 Å². The average molecular weight is 286 g/mol. The van der Waals surface area contributed by atoms with Crippen molar-refractivity contribution in [1.29, 1.82) is 0 Å². The summed E-state index contributed by atoms with van der Waals surface area (Å²) < 4.78 is 2.02. The molecule has 0 radical (unpaired) electrons. The van der Waals surface area contributed by atoms with Gasteiger partial charge in [-0.25, -0.2) is 9.97 Å². The van der Waals surface area contributed by atoms with Crippen LogP contribution < -0.4 is 5.73 Å². The number of anilines is 1. The van der Waals surface area contributed by atoms with Gasteiger partial charge < -0.3 is 10.1 Å². The van der Waals surface area contributed by atoms with Crippen molar-refractivity contribution in [2.75, 3.05) is 5.73 Å². The molecule has 0 aliphatic carbocycles. The van der Waals surface area contributed by atoms with Gasteiger partial charge in [0.1, 0.15) is 11.5 Å². The first-order chi connectivity index (χ1) is 10.8. The predicted molar refractivity (Wildman–Crippen MR) is 88.3 cm³/mol. The molecule has 2 N–H and O–H groups in total. The van der Waals surface area contributed by atoms with Crippen LogP contribution in [0, 0.1) is 0 Å². The van der Waals surface area contributed by atoms with E-state index in [0.29, 0.717) is 5.82 Å². The Labute approximate surface area is 127 Å². The number of imidazole rings is 1. The molecule has 0 saturated heterocycles. The molecule has 3 aromatic heterocycles. The van der Waals surface area contributed by atoms with Crippen LogP contribution >= 0.6 is 0 Å². The highest BCUT2D eigenvalue weighted by Gasteiger charge is 2.11. The highest BCUT2D eigenvalue weighted by atomic mass is 15.0. The minimum atomic E-state index is 0.512. The average Bonchev–Trinajstić information content (AvgIpc) is 3.04. The van der Waals surface area contributed by atoms with Gasteiger partial charge in [-0.15, -0.1) is 0 Å². The molecule has 4 rings (SSSR count). The Kier molecular flexibility index (Phi) is 2.86. The third kappa shape index (κ3) is 2.02.